The number of benzene rings is 1. The highest BCUT2D eigenvalue weighted by molar-refractivity contribution is 5.92. The summed E-state index contributed by atoms with van der Waals surface area (Å²) in [5.74, 6) is 0.979. The minimum atomic E-state index is 0. The van der Waals surface area contributed by atoms with E-state index in [2.05, 4.69) is 5.32 Å². The van der Waals surface area contributed by atoms with Crippen molar-refractivity contribution in [2.45, 2.75) is 38.6 Å². The summed E-state index contributed by atoms with van der Waals surface area (Å²) in [5.41, 5.74) is 7.83. The summed E-state index contributed by atoms with van der Waals surface area (Å²) in [6.45, 7) is 2.96. The number of aryl methyl sites for hydroxylation is 1. The van der Waals surface area contributed by atoms with Crippen LogP contribution in [0.15, 0.2) is 18.2 Å². The van der Waals surface area contributed by atoms with Crippen molar-refractivity contribution in [2.75, 3.05) is 25.6 Å². The average molecular weight is 343 g/mol. The molecule has 2 atom stereocenters. The molecule has 2 rings (SSSR count). The van der Waals surface area contributed by atoms with Crippen molar-refractivity contribution in [2.24, 2.45) is 11.7 Å². The molecule has 1 fully saturated rings. The number of amides is 1. The van der Waals surface area contributed by atoms with E-state index >= 15 is 0 Å². The zero-order valence-electron chi connectivity index (χ0n) is 13.8. The highest BCUT2D eigenvalue weighted by atomic mass is 35.5. The van der Waals surface area contributed by atoms with Gasteiger partial charge in [0.15, 0.2) is 0 Å². The number of ether oxygens (including phenoxy) is 2. The van der Waals surface area contributed by atoms with Crippen LogP contribution < -0.4 is 15.8 Å². The molecule has 0 bridgehead atoms. The highest BCUT2D eigenvalue weighted by Gasteiger charge is 2.26. The number of hydrogen-bond donors (Lipinski definition) is 2. The van der Waals surface area contributed by atoms with Gasteiger partial charge >= 0.3 is 0 Å². The second-order valence-corrected chi connectivity index (χ2v) is 5.95. The zero-order valence-corrected chi connectivity index (χ0v) is 14.7. The van der Waals surface area contributed by atoms with Gasteiger partial charge in [-0.15, -0.1) is 12.4 Å². The SMILES string of the molecule is COCCOc1cc(C)ccc1NC(=O)C[C@@H]1CCC[C@H]1N.Cl. The van der Waals surface area contributed by atoms with Crippen molar-refractivity contribution in [1.82, 2.24) is 0 Å². The number of halogens is 1. The third-order valence-electron chi connectivity index (χ3n) is 4.12. The molecule has 6 heteroatoms. The van der Waals surface area contributed by atoms with Gasteiger partial charge in [-0.1, -0.05) is 12.5 Å². The molecule has 5 nitrogen and oxygen atoms in total. The average Bonchev–Trinajstić information content (AvgIpc) is 2.87. The van der Waals surface area contributed by atoms with Crippen LogP contribution in [-0.2, 0) is 9.53 Å². The minimum Gasteiger partial charge on any atom is -0.489 e. The number of anilines is 1. The number of carbonyl (C=O) groups is 1. The molecule has 1 aliphatic rings. The van der Waals surface area contributed by atoms with Gasteiger partial charge in [-0.2, -0.15) is 0 Å². The fraction of sp³-hybridized carbons (Fsp3) is 0.588. The van der Waals surface area contributed by atoms with E-state index < -0.39 is 0 Å². The maximum Gasteiger partial charge on any atom is 0.224 e. The van der Waals surface area contributed by atoms with Crippen LogP contribution in [0.2, 0.25) is 0 Å². The molecule has 0 saturated heterocycles. The molecule has 0 radical (unpaired) electrons. The van der Waals surface area contributed by atoms with Crippen molar-refractivity contribution in [3.8, 4) is 5.75 Å². The summed E-state index contributed by atoms with van der Waals surface area (Å²) in [6.07, 6.45) is 3.66. The lowest BCUT2D eigenvalue weighted by molar-refractivity contribution is -0.117. The van der Waals surface area contributed by atoms with E-state index in [1.54, 1.807) is 7.11 Å². The normalized spacial score (nSPS) is 20.0. The highest BCUT2D eigenvalue weighted by Crippen LogP contribution is 2.29. The Bertz CT molecular complexity index is 511. The van der Waals surface area contributed by atoms with E-state index in [0.717, 1.165) is 24.8 Å². The van der Waals surface area contributed by atoms with Crippen LogP contribution in [0.5, 0.6) is 5.75 Å². The van der Waals surface area contributed by atoms with Crippen molar-refractivity contribution in [3.63, 3.8) is 0 Å². The predicted molar refractivity (Wildman–Crippen MR) is 94.4 cm³/mol. The fourth-order valence-electron chi connectivity index (χ4n) is 2.85. The molecule has 23 heavy (non-hydrogen) atoms. The van der Waals surface area contributed by atoms with Gasteiger partial charge in [0, 0.05) is 19.6 Å². The van der Waals surface area contributed by atoms with Crippen LogP contribution in [0.1, 0.15) is 31.2 Å². The van der Waals surface area contributed by atoms with Gasteiger partial charge in [-0.05, 0) is 43.4 Å². The Labute approximate surface area is 144 Å². The number of nitrogens with one attached hydrogen (secondary N) is 1. The van der Waals surface area contributed by atoms with E-state index in [1.165, 1.54) is 0 Å². The summed E-state index contributed by atoms with van der Waals surface area (Å²) in [7, 11) is 1.63. The summed E-state index contributed by atoms with van der Waals surface area (Å²) in [4.78, 5) is 12.2. The number of hydrogen-bond acceptors (Lipinski definition) is 4. The third kappa shape index (κ3) is 6.01. The van der Waals surface area contributed by atoms with E-state index in [9.17, 15) is 4.79 Å². The second-order valence-electron chi connectivity index (χ2n) is 5.95. The molecular weight excluding hydrogens is 316 g/mol. The Morgan fingerprint density at radius 2 is 2.13 bits per heavy atom. The van der Waals surface area contributed by atoms with Gasteiger partial charge in [-0.3, -0.25) is 4.79 Å². The number of carbonyl (C=O) groups excluding carboxylic acids is 1. The first kappa shape index (κ1) is 19.7. The van der Waals surface area contributed by atoms with Crippen molar-refractivity contribution < 1.29 is 14.3 Å². The van der Waals surface area contributed by atoms with Gasteiger partial charge in [-0.25, -0.2) is 0 Å². The molecule has 3 N–H and O–H groups in total. The van der Waals surface area contributed by atoms with Crippen LogP contribution in [0, 0.1) is 12.8 Å². The third-order valence-corrected chi connectivity index (χ3v) is 4.12. The Hall–Kier alpha value is -1.30. The predicted octanol–water partition coefficient (Wildman–Crippen LogP) is 2.90. The van der Waals surface area contributed by atoms with Gasteiger partial charge in [0.1, 0.15) is 12.4 Å². The quantitative estimate of drug-likeness (QED) is 0.747. The topological polar surface area (TPSA) is 73.6 Å². The van der Waals surface area contributed by atoms with E-state index in [0.29, 0.717) is 37.0 Å². The summed E-state index contributed by atoms with van der Waals surface area (Å²) in [5, 5.41) is 2.95. The lowest BCUT2D eigenvalue weighted by Gasteiger charge is -2.17. The smallest absolute Gasteiger partial charge is 0.224 e. The Morgan fingerprint density at radius 3 is 2.78 bits per heavy atom. The largest absolute Gasteiger partial charge is 0.489 e. The summed E-state index contributed by atoms with van der Waals surface area (Å²) >= 11 is 0. The Morgan fingerprint density at radius 1 is 1.35 bits per heavy atom. The van der Waals surface area contributed by atoms with Crippen LogP contribution in [0.3, 0.4) is 0 Å². The monoisotopic (exact) mass is 342 g/mol. The summed E-state index contributed by atoms with van der Waals surface area (Å²) < 4.78 is 10.7. The van der Waals surface area contributed by atoms with Gasteiger partial charge < -0.3 is 20.5 Å². The van der Waals surface area contributed by atoms with Crippen LogP contribution in [0.25, 0.3) is 0 Å². The molecule has 1 aromatic rings. The maximum atomic E-state index is 12.2. The first-order valence-corrected chi connectivity index (χ1v) is 7.88. The molecule has 0 aliphatic heterocycles. The lowest BCUT2D eigenvalue weighted by atomic mass is 10.00. The van der Waals surface area contributed by atoms with Crippen molar-refractivity contribution in [1.29, 1.82) is 0 Å². The molecule has 1 amide bonds. The molecule has 0 spiro atoms. The van der Waals surface area contributed by atoms with Gasteiger partial charge in [0.2, 0.25) is 5.91 Å². The van der Waals surface area contributed by atoms with Gasteiger partial charge in [0.05, 0.1) is 12.3 Å². The molecule has 1 aliphatic carbocycles. The number of methoxy groups -OCH3 is 1. The molecule has 130 valence electrons. The lowest BCUT2D eigenvalue weighted by Crippen LogP contribution is -2.28. The first-order valence-electron chi connectivity index (χ1n) is 7.88. The molecular formula is C17H27ClN2O3. The molecule has 1 aromatic carbocycles. The molecule has 0 heterocycles. The second kappa shape index (κ2) is 9.75. The maximum absolute atomic E-state index is 12.2. The zero-order chi connectivity index (χ0) is 15.9. The standard InChI is InChI=1S/C17H26N2O3.ClH/c1-12-6-7-15(16(10-12)22-9-8-21-2)19-17(20)11-13-4-3-5-14(13)18;/h6-7,10,13-14H,3-5,8-9,11,18H2,1-2H3,(H,19,20);1H/t13-,14+;/m0./s1. The molecule has 1 saturated carbocycles. The van der Waals surface area contributed by atoms with Crippen LogP contribution in [-0.4, -0.2) is 32.3 Å². The van der Waals surface area contributed by atoms with E-state index in [1.807, 2.05) is 25.1 Å². The van der Waals surface area contributed by atoms with Crippen molar-refractivity contribution in [3.05, 3.63) is 23.8 Å². The summed E-state index contributed by atoms with van der Waals surface area (Å²) in [6, 6.07) is 5.91. The number of nitrogens with two attached hydrogens (primary N) is 1. The van der Waals surface area contributed by atoms with Gasteiger partial charge in [0.25, 0.3) is 0 Å². The minimum absolute atomic E-state index is 0. The van der Waals surface area contributed by atoms with Crippen LogP contribution in [0.4, 0.5) is 5.69 Å². The molecule has 0 aromatic heterocycles. The number of rotatable bonds is 7. The Balaban J connectivity index is 0.00000264. The fourth-order valence-corrected chi connectivity index (χ4v) is 2.85. The van der Waals surface area contributed by atoms with E-state index in [-0.39, 0.29) is 24.4 Å². The van der Waals surface area contributed by atoms with Crippen LogP contribution >= 0.6 is 12.4 Å². The van der Waals surface area contributed by atoms with E-state index in [4.69, 9.17) is 15.2 Å². The first-order chi connectivity index (χ1) is 10.6. The Kier molecular flexibility index (Phi) is 8.37. The van der Waals surface area contributed by atoms with Crippen molar-refractivity contribution >= 4 is 24.0 Å². The molecule has 0 unspecified atom stereocenters.